The summed E-state index contributed by atoms with van der Waals surface area (Å²) < 4.78 is 40.1. The number of rotatable bonds is 4. The summed E-state index contributed by atoms with van der Waals surface area (Å²) in [5, 5.41) is -0.693. The van der Waals surface area contributed by atoms with Crippen molar-refractivity contribution in [1.29, 1.82) is 0 Å². The van der Waals surface area contributed by atoms with E-state index >= 15 is 0 Å². The van der Waals surface area contributed by atoms with E-state index in [2.05, 4.69) is 19.9 Å². The normalized spacial score (nSPS) is 18.0. The van der Waals surface area contributed by atoms with Gasteiger partial charge in [-0.15, -0.1) is 0 Å². The van der Waals surface area contributed by atoms with E-state index in [1.807, 2.05) is 32.0 Å². The van der Waals surface area contributed by atoms with Crippen LogP contribution < -0.4 is 0 Å². The number of hydrogen-bond donors (Lipinski definition) is 0. The highest BCUT2D eigenvalue weighted by atomic mass is 35.5. The maximum Gasteiger partial charge on any atom is 0.434 e. The van der Waals surface area contributed by atoms with Crippen LogP contribution in [0.5, 0.6) is 0 Å². The largest absolute Gasteiger partial charge is 0.434 e. The van der Waals surface area contributed by atoms with Gasteiger partial charge in [0.05, 0.1) is 33.7 Å². The number of alkyl halides is 3. The zero-order valence-corrected chi connectivity index (χ0v) is 19.7. The van der Waals surface area contributed by atoms with E-state index in [9.17, 15) is 18.0 Å². The highest BCUT2D eigenvalue weighted by Crippen LogP contribution is 2.40. The lowest BCUT2D eigenvalue weighted by Crippen LogP contribution is -2.47. The number of hydrogen-bond acceptors (Lipinski definition) is 5. The minimum atomic E-state index is -4.77. The molecule has 178 valence electrons. The van der Waals surface area contributed by atoms with Gasteiger partial charge in [0.25, 0.3) is 5.91 Å². The molecular weight excluding hydrogens is 467 g/mol. The lowest BCUT2D eigenvalue weighted by Gasteiger charge is -2.42. The monoisotopic (exact) mass is 489 g/mol. The van der Waals surface area contributed by atoms with E-state index in [-0.39, 0.29) is 11.6 Å². The predicted molar refractivity (Wildman–Crippen MR) is 121 cm³/mol. The van der Waals surface area contributed by atoms with E-state index in [0.29, 0.717) is 35.7 Å². The molecule has 1 aliphatic heterocycles. The molecule has 0 saturated heterocycles. The van der Waals surface area contributed by atoms with E-state index in [1.54, 1.807) is 18.0 Å². The Balaban J connectivity index is 1.83. The third kappa shape index (κ3) is 4.36. The molecule has 0 N–H and O–H groups in total. The molecule has 6 nitrogen and oxygen atoms in total. The molecule has 0 bridgehead atoms. The fraction of sp³-hybridized carbons (Fsp3) is 0.375. The van der Waals surface area contributed by atoms with Crippen LogP contribution in [0.3, 0.4) is 0 Å². The number of carbonyl (C=O) groups excluding carboxylic acids is 1. The van der Waals surface area contributed by atoms with Crippen molar-refractivity contribution < 1.29 is 18.0 Å². The van der Waals surface area contributed by atoms with Crippen LogP contribution in [-0.4, -0.2) is 36.8 Å². The van der Waals surface area contributed by atoms with Crippen molar-refractivity contribution in [2.75, 3.05) is 0 Å². The van der Waals surface area contributed by atoms with Crippen LogP contribution in [0, 0.1) is 6.92 Å². The van der Waals surface area contributed by atoms with Crippen molar-refractivity contribution in [2.45, 2.75) is 58.3 Å². The fourth-order valence-electron chi connectivity index (χ4n) is 4.52. The molecule has 4 heterocycles. The summed E-state index contributed by atoms with van der Waals surface area (Å²) in [5.74, 6) is -0.0564. The molecule has 0 aliphatic carbocycles. The Labute approximate surface area is 200 Å². The zero-order chi connectivity index (χ0) is 24.6. The topological polar surface area (TPSA) is 71.9 Å². The number of aromatic nitrogens is 4. The maximum atomic E-state index is 13.6. The highest BCUT2D eigenvalue weighted by Gasteiger charge is 2.41. The Hall–Kier alpha value is -3.07. The molecule has 0 fully saturated rings. The molecule has 1 aliphatic rings. The summed E-state index contributed by atoms with van der Waals surface area (Å²) in [5.41, 5.74) is 1.48. The van der Waals surface area contributed by atoms with Gasteiger partial charge in [-0.1, -0.05) is 31.0 Å². The molecule has 3 aromatic heterocycles. The van der Waals surface area contributed by atoms with Crippen LogP contribution >= 0.6 is 11.6 Å². The van der Waals surface area contributed by atoms with Gasteiger partial charge >= 0.3 is 6.18 Å². The molecule has 0 aromatic carbocycles. The minimum Gasteiger partial charge on any atom is -0.327 e. The Morgan fingerprint density at radius 3 is 2.59 bits per heavy atom. The number of nitrogens with zero attached hydrogens (tertiary/aromatic N) is 5. The van der Waals surface area contributed by atoms with E-state index < -0.39 is 28.8 Å². The maximum absolute atomic E-state index is 13.6. The quantitative estimate of drug-likeness (QED) is 0.460. The lowest BCUT2D eigenvalue weighted by atomic mass is 9.87. The average molecular weight is 490 g/mol. The minimum absolute atomic E-state index is 0.226. The molecule has 34 heavy (non-hydrogen) atoms. The number of carbonyl (C=O) groups is 1. The molecule has 0 radical (unpaired) electrons. The number of fused-ring (bicyclic) bond motifs is 1. The third-order valence-electron chi connectivity index (χ3n) is 5.95. The first-order chi connectivity index (χ1) is 16.1. The Morgan fingerprint density at radius 1 is 1.18 bits per heavy atom. The molecule has 2 atom stereocenters. The molecule has 0 saturated carbocycles. The van der Waals surface area contributed by atoms with Crippen molar-refractivity contribution in [3.05, 3.63) is 70.0 Å². The van der Waals surface area contributed by atoms with Crippen LogP contribution in [-0.2, 0) is 12.6 Å². The molecule has 1 amide bonds. The summed E-state index contributed by atoms with van der Waals surface area (Å²) in [6.07, 6.45) is -0.225. The van der Waals surface area contributed by atoms with Crippen molar-refractivity contribution in [1.82, 2.24) is 24.8 Å². The first-order valence-electron chi connectivity index (χ1n) is 11.0. The number of halogens is 4. The van der Waals surface area contributed by atoms with Gasteiger partial charge in [0, 0.05) is 24.0 Å². The molecule has 10 heteroatoms. The molecule has 0 unspecified atom stereocenters. The van der Waals surface area contributed by atoms with Crippen molar-refractivity contribution >= 4 is 17.5 Å². The van der Waals surface area contributed by atoms with Crippen molar-refractivity contribution in [3.8, 4) is 11.4 Å². The number of amides is 1. The lowest BCUT2D eigenvalue weighted by molar-refractivity contribution is -0.141. The Morgan fingerprint density at radius 2 is 1.94 bits per heavy atom. The summed E-state index contributed by atoms with van der Waals surface area (Å²) in [4.78, 5) is 32.3. The Kier molecular flexibility index (Phi) is 6.58. The first-order valence-corrected chi connectivity index (χ1v) is 11.3. The Bertz CT molecular complexity index is 1220. The van der Waals surface area contributed by atoms with Crippen LogP contribution in [0.15, 0.2) is 36.7 Å². The van der Waals surface area contributed by atoms with Gasteiger partial charge in [-0.3, -0.25) is 14.8 Å². The van der Waals surface area contributed by atoms with Crippen molar-refractivity contribution in [3.63, 3.8) is 0 Å². The first kappa shape index (κ1) is 24.1. The molecule has 0 spiro atoms. The van der Waals surface area contributed by atoms with Gasteiger partial charge in [0.2, 0.25) is 0 Å². The van der Waals surface area contributed by atoms with Gasteiger partial charge in [0.15, 0.2) is 5.69 Å². The van der Waals surface area contributed by atoms with Gasteiger partial charge in [-0.25, -0.2) is 9.97 Å². The SMILES string of the molecule is CCC[C@@H]1Cc2c(-c3ccccn3)nc(C)nc2[C@@H](C)N1C(=O)c1ccnc(C(F)(F)F)c1Cl. The summed E-state index contributed by atoms with van der Waals surface area (Å²) in [6.45, 7) is 5.58. The van der Waals surface area contributed by atoms with Crippen molar-refractivity contribution in [2.24, 2.45) is 0 Å². The fourth-order valence-corrected chi connectivity index (χ4v) is 4.82. The van der Waals surface area contributed by atoms with Crippen LogP contribution in [0.25, 0.3) is 11.4 Å². The number of aryl methyl sites for hydroxylation is 1. The van der Waals surface area contributed by atoms with Crippen LogP contribution in [0.2, 0.25) is 5.02 Å². The van der Waals surface area contributed by atoms with Gasteiger partial charge < -0.3 is 4.90 Å². The van der Waals surface area contributed by atoms with E-state index in [1.165, 1.54) is 6.07 Å². The summed E-state index contributed by atoms with van der Waals surface area (Å²) in [7, 11) is 0. The van der Waals surface area contributed by atoms with Gasteiger partial charge in [0.1, 0.15) is 5.82 Å². The molecule has 3 aromatic rings. The van der Waals surface area contributed by atoms with Gasteiger partial charge in [-0.2, -0.15) is 13.2 Å². The summed E-state index contributed by atoms with van der Waals surface area (Å²) >= 11 is 6.05. The smallest absolute Gasteiger partial charge is 0.327 e. The second-order valence-corrected chi connectivity index (χ2v) is 8.63. The van der Waals surface area contributed by atoms with E-state index in [0.717, 1.165) is 18.2 Å². The zero-order valence-electron chi connectivity index (χ0n) is 18.9. The molecule has 4 rings (SSSR count). The highest BCUT2D eigenvalue weighted by molar-refractivity contribution is 6.34. The number of pyridine rings is 2. The van der Waals surface area contributed by atoms with E-state index in [4.69, 9.17) is 11.6 Å². The third-order valence-corrected chi connectivity index (χ3v) is 6.33. The average Bonchev–Trinajstić information content (AvgIpc) is 2.79. The standard InChI is InChI=1S/C24H23ClF3N5O/c1-4-7-15-12-17-20(31-14(3)32-21(17)18-8-5-6-10-29-18)13(2)33(15)23(34)16-9-11-30-22(19(16)25)24(26,27)28/h5-6,8-11,13,15H,4,7,12H2,1-3H3/t13-,15-/m1/s1. The second kappa shape index (κ2) is 9.29. The van der Waals surface area contributed by atoms with Crippen LogP contribution in [0.1, 0.15) is 65.9 Å². The molecular formula is C24H23ClF3N5O. The van der Waals surface area contributed by atoms with Crippen LogP contribution in [0.4, 0.5) is 13.2 Å². The predicted octanol–water partition coefficient (Wildman–Crippen LogP) is 5.84. The second-order valence-electron chi connectivity index (χ2n) is 8.25. The van der Waals surface area contributed by atoms with Gasteiger partial charge in [-0.05, 0) is 44.9 Å². The summed E-state index contributed by atoms with van der Waals surface area (Å²) in [6, 6.07) is 6.02.